The van der Waals surface area contributed by atoms with Crippen LogP contribution in [0.4, 0.5) is 0 Å². The van der Waals surface area contributed by atoms with Gasteiger partial charge in [0.1, 0.15) is 18.2 Å². The number of hydrogen-bond acceptors (Lipinski definition) is 6. The fourth-order valence-corrected chi connectivity index (χ4v) is 5.14. The van der Waals surface area contributed by atoms with Crippen LogP contribution in [0.25, 0.3) is 11.1 Å². The maximum Gasteiger partial charge on any atom is 0.308 e. The summed E-state index contributed by atoms with van der Waals surface area (Å²) in [6.07, 6.45) is 5.36. The highest BCUT2D eigenvalue weighted by atomic mass is 32.2. The van der Waals surface area contributed by atoms with Crippen molar-refractivity contribution in [1.29, 1.82) is 5.41 Å². The molecule has 0 radical (unpaired) electrons. The van der Waals surface area contributed by atoms with E-state index >= 15 is 0 Å². The Morgan fingerprint density at radius 1 is 1.17 bits per heavy atom. The first-order valence-electron chi connectivity index (χ1n) is 11.5. The number of nitrogens with two attached hydrogens (primary N) is 1. The summed E-state index contributed by atoms with van der Waals surface area (Å²) in [7, 11) is 0. The quantitative estimate of drug-likeness (QED) is 0.239. The van der Waals surface area contributed by atoms with E-state index in [1.165, 1.54) is 6.20 Å². The van der Waals surface area contributed by atoms with E-state index in [1.807, 2.05) is 48.7 Å². The fraction of sp³-hybridized carbons (Fsp3) is 0.259. The van der Waals surface area contributed by atoms with Crippen LogP contribution in [0.1, 0.15) is 29.3 Å². The smallest absolute Gasteiger partial charge is 0.308 e. The Balaban J connectivity index is 1.54. The van der Waals surface area contributed by atoms with Gasteiger partial charge in [0.05, 0.1) is 17.5 Å². The SMILES string of the molecule is CSc1cc(-c2ccc(C(=N)N)cc2)ccc1OC[C@@H]1C[C@H](C(=O)O)C(C)N1C(=O)c1cccnc1. The van der Waals surface area contributed by atoms with Crippen molar-refractivity contribution in [2.75, 3.05) is 12.9 Å². The van der Waals surface area contributed by atoms with Gasteiger partial charge in [-0.15, -0.1) is 11.8 Å². The van der Waals surface area contributed by atoms with Gasteiger partial charge in [-0.1, -0.05) is 30.3 Å². The third kappa shape index (κ3) is 5.21. The lowest BCUT2D eigenvalue weighted by atomic mass is 10.0. The van der Waals surface area contributed by atoms with E-state index < -0.39 is 17.9 Å². The lowest BCUT2D eigenvalue weighted by molar-refractivity contribution is -0.142. The fourth-order valence-electron chi connectivity index (χ4n) is 4.57. The first-order valence-corrected chi connectivity index (χ1v) is 12.7. The number of ether oxygens (including phenoxy) is 1. The largest absolute Gasteiger partial charge is 0.490 e. The van der Waals surface area contributed by atoms with Gasteiger partial charge in [0.25, 0.3) is 5.91 Å². The summed E-state index contributed by atoms with van der Waals surface area (Å²) < 4.78 is 6.18. The number of benzene rings is 2. The molecule has 0 saturated carbocycles. The van der Waals surface area contributed by atoms with Crippen LogP contribution in [0.3, 0.4) is 0 Å². The number of nitrogens with one attached hydrogen (secondary N) is 1. The average Bonchev–Trinajstić information content (AvgIpc) is 3.23. The highest BCUT2D eigenvalue weighted by Crippen LogP contribution is 2.35. The second kappa shape index (κ2) is 10.8. The number of rotatable bonds is 8. The summed E-state index contributed by atoms with van der Waals surface area (Å²) >= 11 is 1.54. The number of pyridine rings is 1. The van der Waals surface area contributed by atoms with Gasteiger partial charge in [-0.05, 0) is 55.0 Å². The van der Waals surface area contributed by atoms with E-state index in [2.05, 4.69) is 4.98 Å². The van der Waals surface area contributed by atoms with Crippen LogP contribution in [-0.2, 0) is 4.79 Å². The maximum atomic E-state index is 13.3. The van der Waals surface area contributed by atoms with Gasteiger partial charge in [-0.2, -0.15) is 0 Å². The maximum absolute atomic E-state index is 13.3. The minimum atomic E-state index is -0.918. The summed E-state index contributed by atoms with van der Waals surface area (Å²) in [4.78, 5) is 31.7. The molecule has 1 aliphatic rings. The molecule has 8 nitrogen and oxygen atoms in total. The Hall–Kier alpha value is -3.85. The molecule has 3 atom stereocenters. The normalized spacial score (nSPS) is 19.2. The van der Waals surface area contributed by atoms with Gasteiger partial charge >= 0.3 is 5.97 Å². The topological polar surface area (TPSA) is 130 Å². The van der Waals surface area contributed by atoms with Gasteiger partial charge in [0.2, 0.25) is 0 Å². The van der Waals surface area contributed by atoms with Gasteiger partial charge in [0.15, 0.2) is 0 Å². The monoisotopic (exact) mass is 504 g/mol. The first-order chi connectivity index (χ1) is 17.3. The predicted octanol–water partition coefficient (Wildman–Crippen LogP) is 4.14. The first kappa shape index (κ1) is 25.2. The number of nitrogens with zero attached hydrogens (tertiary/aromatic N) is 2. The molecule has 2 heterocycles. The van der Waals surface area contributed by atoms with Crippen molar-refractivity contribution in [2.45, 2.75) is 30.3 Å². The molecular weight excluding hydrogens is 476 g/mol. The molecule has 36 heavy (non-hydrogen) atoms. The number of amidine groups is 1. The van der Waals surface area contributed by atoms with Gasteiger partial charge in [-0.25, -0.2) is 0 Å². The van der Waals surface area contributed by atoms with E-state index in [4.69, 9.17) is 15.9 Å². The Morgan fingerprint density at radius 3 is 2.50 bits per heavy atom. The Labute approximate surface area is 214 Å². The van der Waals surface area contributed by atoms with Gasteiger partial charge in [0, 0.05) is 28.9 Å². The average molecular weight is 505 g/mol. The highest BCUT2D eigenvalue weighted by molar-refractivity contribution is 7.98. The molecule has 1 aliphatic heterocycles. The zero-order chi connectivity index (χ0) is 25.8. The molecule has 0 spiro atoms. The molecule has 3 aromatic rings. The lowest BCUT2D eigenvalue weighted by Gasteiger charge is -2.29. The molecule has 1 aromatic heterocycles. The van der Waals surface area contributed by atoms with Crippen LogP contribution in [0.5, 0.6) is 5.75 Å². The minimum absolute atomic E-state index is 0.0255. The number of nitrogen functional groups attached to an aromatic ring is 1. The molecule has 9 heteroatoms. The Bertz CT molecular complexity index is 1270. The number of carbonyl (C=O) groups is 2. The number of thioether (sulfide) groups is 1. The van der Waals surface area contributed by atoms with Crippen molar-refractivity contribution in [3.63, 3.8) is 0 Å². The number of hydrogen-bond donors (Lipinski definition) is 3. The summed E-state index contributed by atoms with van der Waals surface area (Å²) in [5, 5.41) is 17.3. The van der Waals surface area contributed by atoms with E-state index in [1.54, 1.807) is 41.9 Å². The lowest BCUT2D eigenvalue weighted by Crippen LogP contribution is -2.44. The molecule has 186 valence electrons. The molecule has 1 amide bonds. The number of aromatic nitrogens is 1. The van der Waals surface area contributed by atoms with Crippen molar-refractivity contribution >= 4 is 29.5 Å². The number of amides is 1. The van der Waals surface area contributed by atoms with E-state index in [0.717, 1.165) is 16.0 Å². The third-order valence-electron chi connectivity index (χ3n) is 6.52. The van der Waals surface area contributed by atoms with Gasteiger partial charge in [-0.3, -0.25) is 20.0 Å². The number of likely N-dealkylation sites (tertiary alicyclic amines) is 1. The molecule has 1 saturated heterocycles. The zero-order valence-electron chi connectivity index (χ0n) is 20.0. The summed E-state index contributed by atoms with van der Waals surface area (Å²) in [6.45, 7) is 1.95. The van der Waals surface area contributed by atoms with Crippen molar-refractivity contribution < 1.29 is 19.4 Å². The number of carboxylic acid groups (broad SMARTS) is 1. The molecule has 1 fully saturated rings. The minimum Gasteiger partial charge on any atom is -0.490 e. The highest BCUT2D eigenvalue weighted by Gasteiger charge is 2.45. The Kier molecular flexibility index (Phi) is 7.59. The van der Waals surface area contributed by atoms with Crippen molar-refractivity contribution in [3.05, 3.63) is 78.1 Å². The van der Waals surface area contributed by atoms with Crippen molar-refractivity contribution in [1.82, 2.24) is 9.88 Å². The third-order valence-corrected chi connectivity index (χ3v) is 7.28. The summed E-state index contributed by atoms with van der Waals surface area (Å²) in [5.74, 6) is -1.13. The van der Waals surface area contributed by atoms with Crippen LogP contribution in [0, 0.1) is 11.3 Å². The van der Waals surface area contributed by atoms with Crippen LogP contribution in [-0.4, -0.2) is 57.6 Å². The standard InChI is InChI=1S/C27H28N4O4S/c1-16-22(27(33)34)13-21(31(16)26(32)20-4-3-11-30-14-20)15-35-23-10-9-19(12-24(23)36-2)17-5-7-18(8-6-17)25(28)29/h3-12,14,16,21-22H,13,15H2,1-2H3,(H3,28,29)(H,33,34)/t16?,21-,22-/m0/s1. The number of carbonyl (C=O) groups excluding carboxylic acids is 1. The van der Waals surface area contributed by atoms with Crippen LogP contribution in [0.2, 0.25) is 0 Å². The molecule has 4 rings (SSSR count). The van der Waals surface area contributed by atoms with Crippen molar-refractivity contribution in [2.24, 2.45) is 11.7 Å². The zero-order valence-corrected chi connectivity index (χ0v) is 20.9. The summed E-state index contributed by atoms with van der Waals surface area (Å²) in [6, 6.07) is 15.9. The van der Waals surface area contributed by atoms with E-state index in [9.17, 15) is 14.7 Å². The van der Waals surface area contributed by atoms with E-state index in [-0.39, 0.29) is 24.4 Å². The molecule has 0 bridgehead atoms. The van der Waals surface area contributed by atoms with E-state index in [0.29, 0.717) is 23.3 Å². The number of aliphatic carboxylic acids is 1. The van der Waals surface area contributed by atoms with Crippen LogP contribution in [0.15, 0.2) is 71.9 Å². The molecule has 1 unspecified atom stereocenters. The Morgan fingerprint density at radius 2 is 1.89 bits per heavy atom. The second-order valence-corrected chi connectivity index (χ2v) is 9.54. The van der Waals surface area contributed by atoms with Crippen molar-refractivity contribution in [3.8, 4) is 16.9 Å². The predicted molar refractivity (Wildman–Crippen MR) is 140 cm³/mol. The molecular formula is C27H28N4O4S. The van der Waals surface area contributed by atoms with Gasteiger partial charge < -0.3 is 20.5 Å². The second-order valence-electron chi connectivity index (χ2n) is 8.70. The van der Waals surface area contributed by atoms with Crippen LogP contribution >= 0.6 is 11.8 Å². The number of carboxylic acids is 1. The molecule has 2 aromatic carbocycles. The van der Waals surface area contributed by atoms with Crippen LogP contribution < -0.4 is 10.5 Å². The summed E-state index contributed by atoms with van der Waals surface area (Å²) in [5.41, 5.74) is 8.63. The molecule has 4 N–H and O–H groups in total. The molecule has 0 aliphatic carbocycles.